The molecule has 1 aliphatic rings. The number of carbonyl (C=O) groups is 1. The van der Waals surface area contributed by atoms with Crippen LogP contribution in [0.1, 0.15) is 32.6 Å². The molecule has 0 radical (unpaired) electrons. The maximum Gasteiger partial charge on any atom is 0.236 e. The highest BCUT2D eigenvalue weighted by Crippen LogP contribution is 2.07. The molecule has 84 valence electrons. The molecule has 0 atom stereocenters. The SMILES string of the molecule is CC#CCCNCC(=O)N1CCCCC1. The largest absolute Gasteiger partial charge is 0.342 e. The number of carbonyl (C=O) groups excluding carboxylic acids is 1. The minimum absolute atomic E-state index is 0.235. The predicted molar refractivity (Wildman–Crippen MR) is 61.4 cm³/mol. The second-order valence-corrected chi connectivity index (χ2v) is 3.80. The van der Waals surface area contributed by atoms with Gasteiger partial charge in [0.2, 0.25) is 5.91 Å². The van der Waals surface area contributed by atoms with E-state index in [9.17, 15) is 4.79 Å². The summed E-state index contributed by atoms with van der Waals surface area (Å²) >= 11 is 0. The second-order valence-electron chi connectivity index (χ2n) is 3.80. The standard InChI is InChI=1S/C12H20N2O/c1-2-3-5-8-13-11-12(15)14-9-6-4-7-10-14/h13H,4-11H2,1H3. The summed E-state index contributed by atoms with van der Waals surface area (Å²) in [7, 11) is 0. The van der Waals surface area contributed by atoms with Crippen LogP contribution >= 0.6 is 0 Å². The normalized spacial score (nSPS) is 15.7. The molecule has 15 heavy (non-hydrogen) atoms. The zero-order valence-corrected chi connectivity index (χ0v) is 9.51. The van der Waals surface area contributed by atoms with Gasteiger partial charge in [-0.2, -0.15) is 0 Å². The molecule has 0 aliphatic carbocycles. The van der Waals surface area contributed by atoms with Gasteiger partial charge in [0.05, 0.1) is 6.54 Å². The van der Waals surface area contributed by atoms with E-state index in [-0.39, 0.29) is 5.91 Å². The molecule has 1 saturated heterocycles. The van der Waals surface area contributed by atoms with Gasteiger partial charge in [-0.1, -0.05) is 0 Å². The lowest BCUT2D eigenvalue weighted by atomic mass is 10.1. The first-order valence-electron chi connectivity index (χ1n) is 5.72. The van der Waals surface area contributed by atoms with Gasteiger partial charge in [-0.05, 0) is 26.2 Å². The van der Waals surface area contributed by atoms with Crippen LogP contribution in [0.2, 0.25) is 0 Å². The van der Waals surface area contributed by atoms with Crippen LogP contribution in [0.3, 0.4) is 0 Å². The molecule has 1 heterocycles. The van der Waals surface area contributed by atoms with Crippen LogP contribution in [0.5, 0.6) is 0 Å². The summed E-state index contributed by atoms with van der Waals surface area (Å²) in [6.07, 6.45) is 4.41. The molecule has 1 N–H and O–H groups in total. The number of likely N-dealkylation sites (tertiary alicyclic amines) is 1. The summed E-state index contributed by atoms with van der Waals surface area (Å²) in [5.41, 5.74) is 0. The van der Waals surface area contributed by atoms with Crippen LogP contribution in [0.25, 0.3) is 0 Å². The molecular formula is C12H20N2O. The van der Waals surface area contributed by atoms with Gasteiger partial charge in [0.25, 0.3) is 0 Å². The topological polar surface area (TPSA) is 32.3 Å². The number of piperidine rings is 1. The minimum atomic E-state index is 0.235. The maximum absolute atomic E-state index is 11.7. The Bertz CT molecular complexity index is 246. The van der Waals surface area contributed by atoms with Gasteiger partial charge >= 0.3 is 0 Å². The van der Waals surface area contributed by atoms with E-state index in [2.05, 4.69) is 17.2 Å². The lowest BCUT2D eigenvalue weighted by Gasteiger charge is -2.26. The van der Waals surface area contributed by atoms with E-state index in [1.165, 1.54) is 6.42 Å². The van der Waals surface area contributed by atoms with Crippen molar-refractivity contribution in [2.45, 2.75) is 32.6 Å². The average Bonchev–Trinajstić information content (AvgIpc) is 2.30. The zero-order valence-electron chi connectivity index (χ0n) is 9.51. The van der Waals surface area contributed by atoms with Crippen molar-refractivity contribution in [3.63, 3.8) is 0 Å². The second kappa shape index (κ2) is 7.30. The van der Waals surface area contributed by atoms with Gasteiger partial charge in [0.15, 0.2) is 0 Å². The fourth-order valence-corrected chi connectivity index (χ4v) is 1.73. The molecular weight excluding hydrogens is 188 g/mol. The summed E-state index contributed by atoms with van der Waals surface area (Å²) < 4.78 is 0. The molecule has 3 nitrogen and oxygen atoms in total. The first kappa shape index (κ1) is 12.1. The first-order valence-corrected chi connectivity index (χ1v) is 5.72. The van der Waals surface area contributed by atoms with E-state index in [1.54, 1.807) is 0 Å². The molecule has 0 saturated carbocycles. The Morgan fingerprint density at radius 1 is 1.33 bits per heavy atom. The smallest absolute Gasteiger partial charge is 0.236 e. The highest BCUT2D eigenvalue weighted by Gasteiger charge is 2.15. The molecule has 0 aromatic carbocycles. The fraction of sp³-hybridized carbons (Fsp3) is 0.750. The minimum Gasteiger partial charge on any atom is -0.342 e. The molecule has 0 aromatic heterocycles. The number of amides is 1. The van der Waals surface area contributed by atoms with Crippen molar-refractivity contribution < 1.29 is 4.79 Å². The molecule has 0 unspecified atom stereocenters. The number of rotatable bonds is 4. The molecule has 0 spiro atoms. The Labute approximate surface area is 92.2 Å². The maximum atomic E-state index is 11.7. The Hall–Kier alpha value is -1.01. The lowest BCUT2D eigenvalue weighted by molar-refractivity contribution is -0.131. The number of nitrogens with one attached hydrogen (secondary N) is 1. The summed E-state index contributed by atoms with van der Waals surface area (Å²) in [5, 5.41) is 3.12. The van der Waals surface area contributed by atoms with Gasteiger partial charge in [-0.15, -0.1) is 11.8 Å². The van der Waals surface area contributed by atoms with Gasteiger partial charge in [-0.3, -0.25) is 4.79 Å². The van der Waals surface area contributed by atoms with Crippen molar-refractivity contribution >= 4 is 5.91 Å². The van der Waals surface area contributed by atoms with Crippen molar-refractivity contribution in [3.05, 3.63) is 0 Å². The van der Waals surface area contributed by atoms with Crippen LogP contribution < -0.4 is 5.32 Å². The summed E-state index contributed by atoms with van der Waals surface area (Å²) in [6, 6.07) is 0. The van der Waals surface area contributed by atoms with E-state index in [4.69, 9.17) is 0 Å². The quantitative estimate of drug-likeness (QED) is 0.552. The van der Waals surface area contributed by atoms with Crippen LogP contribution in [-0.4, -0.2) is 37.0 Å². The molecule has 1 fully saturated rings. The van der Waals surface area contributed by atoms with Gasteiger partial charge in [0, 0.05) is 26.1 Å². The first-order chi connectivity index (χ1) is 7.34. The van der Waals surface area contributed by atoms with Crippen molar-refractivity contribution in [1.82, 2.24) is 10.2 Å². The molecule has 1 aliphatic heterocycles. The number of hydrogen-bond donors (Lipinski definition) is 1. The average molecular weight is 208 g/mol. The van der Waals surface area contributed by atoms with Crippen LogP contribution in [0, 0.1) is 11.8 Å². The Balaban J connectivity index is 2.08. The van der Waals surface area contributed by atoms with Gasteiger partial charge in [0.1, 0.15) is 0 Å². The third-order valence-corrected chi connectivity index (χ3v) is 2.59. The Morgan fingerprint density at radius 3 is 2.73 bits per heavy atom. The predicted octanol–water partition coefficient (Wildman–Crippen LogP) is 1.00. The summed E-state index contributed by atoms with van der Waals surface area (Å²) in [5.74, 6) is 6.03. The van der Waals surface area contributed by atoms with E-state index in [0.717, 1.165) is 38.9 Å². The molecule has 0 bridgehead atoms. The zero-order chi connectivity index (χ0) is 10.9. The molecule has 1 amide bonds. The number of hydrogen-bond acceptors (Lipinski definition) is 2. The highest BCUT2D eigenvalue weighted by atomic mass is 16.2. The third-order valence-electron chi connectivity index (χ3n) is 2.59. The summed E-state index contributed by atoms with van der Waals surface area (Å²) in [4.78, 5) is 13.6. The Kier molecular flexibility index (Phi) is 5.87. The highest BCUT2D eigenvalue weighted by molar-refractivity contribution is 5.78. The van der Waals surface area contributed by atoms with E-state index >= 15 is 0 Å². The third kappa shape index (κ3) is 4.85. The van der Waals surface area contributed by atoms with E-state index < -0.39 is 0 Å². The van der Waals surface area contributed by atoms with Gasteiger partial charge in [-0.25, -0.2) is 0 Å². The van der Waals surface area contributed by atoms with Gasteiger partial charge < -0.3 is 10.2 Å². The van der Waals surface area contributed by atoms with E-state index in [0.29, 0.717) is 6.54 Å². The van der Waals surface area contributed by atoms with Crippen LogP contribution in [0.4, 0.5) is 0 Å². The van der Waals surface area contributed by atoms with E-state index in [1.807, 2.05) is 11.8 Å². The summed E-state index contributed by atoms with van der Waals surface area (Å²) in [6.45, 7) is 4.98. The van der Waals surface area contributed by atoms with Crippen molar-refractivity contribution in [2.75, 3.05) is 26.2 Å². The van der Waals surface area contributed by atoms with Crippen molar-refractivity contribution in [1.29, 1.82) is 0 Å². The molecule has 3 heteroatoms. The monoisotopic (exact) mass is 208 g/mol. The van der Waals surface area contributed by atoms with Crippen LogP contribution in [0.15, 0.2) is 0 Å². The fourth-order valence-electron chi connectivity index (χ4n) is 1.73. The van der Waals surface area contributed by atoms with Crippen molar-refractivity contribution in [2.24, 2.45) is 0 Å². The Morgan fingerprint density at radius 2 is 2.07 bits per heavy atom. The molecule has 1 rings (SSSR count). The number of nitrogens with zero attached hydrogens (tertiary/aromatic N) is 1. The molecule has 0 aromatic rings. The van der Waals surface area contributed by atoms with Crippen LogP contribution in [-0.2, 0) is 4.79 Å². The van der Waals surface area contributed by atoms with Crippen molar-refractivity contribution in [3.8, 4) is 11.8 Å². The lowest BCUT2D eigenvalue weighted by Crippen LogP contribution is -2.41.